The maximum atomic E-state index is 12.2. The van der Waals surface area contributed by atoms with Crippen LogP contribution in [0.5, 0.6) is 0 Å². The highest BCUT2D eigenvalue weighted by molar-refractivity contribution is 6.00. The van der Waals surface area contributed by atoms with Crippen molar-refractivity contribution in [2.45, 2.75) is 27.7 Å². The van der Waals surface area contributed by atoms with Gasteiger partial charge in [-0.2, -0.15) is 5.10 Å². The van der Waals surface area contributed by atoms with E-state index in [0.717, 1.165) is 11.4 Å². The Bertz CT molecular complexity index is 560. The molecule has 0 radical (unpaired) electrons. The lowest BCUT2D eigenvalue weighted by atomic mass is 10.1. The van der Waals surface area contributed by atoms with Crippen LogP contribution in [0.15, 0.2) is 0 Å². The molecule has 2 atom stereocenters. The van der Waals surface area contributed by atoms with Gasteiger partial charge in [-0.25, -0.2) is 0 Å². The molecule has 104 valence electrons. The van der Waals surface area contributed by atoms with Gasteiger partial charge in [-0.1, -0.05) is 13.8 Å². The van der Waals surface area contributed by atoms with E-state index in [1.54, 1.807) is 25.6 Å². The lowest BCUT2D eigenvalue weighted by Gasteiger charge is -2.06. The van der Waals surface area contributed by atoms with E-state index in [0.29, 0.717) is 5.69 Å². The van der Waals surface area contributed by atoms with Gasteiger partial charge in [0, 0.05) is 7.05 Å². The minimum atomic E-state index is -0.912. The number of aromatic nitrogens is 2. The fourth-order valence-electron chi connectivity index (χ4n) is 2.74. The molecule has 6 nitrogen and oxygen atoms in total. The van der Waals surface area contributed by atoms with Crippen molar-refractivity contribution in [2.75, 3.05) is 5.32 Å². The summed E-state index contributed by atoms with van der Waals surface area (Å²) in [5.41, 5.74) is 1.79. The topological polar surface area (TPSA) is 84.2 Å². The zero-order valence-corrected chi connectivity index (χ0v) is 11.8. The molecule has 0 bridgehead atoms. The van der Waals surface area contributed by atoms with Gasteiger partial charge in [0.15, 0.2) is 0 Å². The largest absolute Gasteiger partial charge is 0.481 e. The average molecular weight is 265 g/mol. The van der Waals surface area contributed by atoms with Crippen molar-refractivity contribution in [2.24, 2.45) is 24.3 Å². The third kappa shape index (κ3) is 2.01. The van der Waals surface area contributed by atoms with Crippen LogP contribution >= 0.6 is 0 Å². The summed E-state index contributed by atoms with van der Waals surface area (Å²) in [5, 5.41) is 16.1. The Morgan fingerprint density at radius 2 is 1.89 bits per heavy atom. The van der Waals surface area contributed by atoms with E-state index >= 15 is 0 Å². The van der Waals surface area contributed by atoms with E-state index in [2.05, 4.69) is 10.4 Å². The van der Waals surface area contributed by atoms with Gasteiger partial charge in [0.25, 0.3) is 0 Å². The summed E-state index contributed by atoms with van der Waals surface area (Å²) in [6.07, 6.45) is 0. The number of anilines is 1. The number of carbonyl (C=O) groups is 2. The second-order valence-electron chi connectivity index (χ2n) is 5.77. The van der Waals surface area contributed by atoms with E-state index in [9.17, 15) is 9.59 Å². The first-order valence-corrected chi connectivity index (χ1v) is 6.21. The van der Waals surface area contributed by atoms with Crippen molar-refractivity contribution in [1.29, 1.82) is 0 Å². The molecule has 1 aromatic rings. The first-order chi connectivity index (χ1) is 8.67. The van der Waals surface area contributed by atoms with Crippen LogP contribution in [0.1, 0.15) is 25.2 Å². The predicted molar refractivity (Wildman–Crippen MR) is 69.7 cm³/mol. The fraction of sp³-hybridized carbons (Fsp3) is 0.615. The normalized spacial score (nSPS) is 24.1. The summed E-state index contributed by atoms with van der Waals surface area (Å²) in [7, 11) is 1.80. The zero-order chi connectivity index (χ0) is 14.5. The quantitative estimate of drug-likeness (QED) is 0.863. The molecule has 1 aliphatic carbocycles. The monoisotopic (exact) mass is 265 g/mol. The maximum absolute atomic E-state index is 12.2. The standard InChI is InChI=1S/C13H19N3O3/c1-6-10(7(2)16(5)15-6)14-11(17)8-9(12(18)19)13(8,3)4/h8-9H,1-5H3,(H,14,17)(H,18,19)/t8-,9+/m0/s1. The maximum Gasteiger partial charge on any atom is 0.307 e. The highest BCUT2D eigenvalue weighted by Crippen LogP contribution is 2.58. The zero-order valence-electron chi connectivity index (χ0n) is 11.8. The molecule has 1 amide bonds. The summed E-state index contributed by atoms with van der Waals surface area (Å²) in [6, 6.07) is 0. The summed E-state index contributed by atoms with van der Waals surface area (Å²) in [6.45, 7) is 7.29. The van der Waals surface area contributed by atoms with E-state index in [4.69, 9.17) is 5.11 Å². The van der Waals surface area contributed by atoms with Crippen LogP contribution < -0.4 is 5.32 Å². The van der Waals surface area contributed by atoms with Gasteiger partial charge in [0.05, 0.1) is 28.9 Å². The van der Waals surface area contributed by atoms with Gasteiger partial charge in [-0.05, 0) is 19.3 Å². The Hall–Kier alpha value is -1.85. The van der Waals surface area contributed by atoms with Crippen LogP contribution in [0.25, 0.3) is 0 Å². The molecule has 1 saturated carbocycles. The number of hydrogen-bond donors (Lipinski definition) is 2. The van der Waals surface area contributed by atoms with Crippen LogP contribution in [-0.4, -0.2) is 26.8 Å². The number of aliphatic carboxylic acids is 1. The van der Waals surface area contributed by atoms with Crippen LogP contribution in [0, 0.1) is 31.1 Å². The summed E-state index contributed by atoms with van der Waals surface area (Å²) in [4.78, 5) is 23.3. The first kappa shape index (κ1) is 13.6. The number of amides is 1. The van der Waals surface area contributed by atoms with Gasteiger partial charge in [0.2, 0.25) is 5.91 Å². The Morgan fingerprint density at radius 1 is 1.32 bits per heavy atom. The van der Waals surface area contributed by atoms with Gasteiger partial charge >= 0.3 is 5.97 Å². The lowest BCUT2D eigenvalue weighted by molar-refractivity contribution is -0.140. The molecule has 0 aromatic carbocycles. The molecule has 0 aliphatic heterocycles. The Balaban J connectivity index is 2.17. The molecular weight excluding hydrogens is 246 g/mol. The fourth-order valence-corrected chi connectivity index (χ4v) is 2.74. The third-order valence-corrected chi connectivity index (χ3v) is 4.13. The van der Waals surface area contributed by atoms with E-state index in [-0.39, 0.29) is 5.91 Å². The van der Waals surface area contributed by atoms with E-state index in [1.165, 1.54) is 0 Å². The average Bonchev–Trinajstić information content (AvgIpc) is 2.79. The number of hydrogen-bond acceptors (Lipinski definition) is 3. The number of nitrogens with zero attached hydrogens (tertiary/aromatic N) is 2. The Labute approximate surface area is 111 Å². The Kier molecular flexibility index (Phi) is 2.91. The number of aryl methyl sites for hydroxylation is 2. The molecule has 1 aliphatic rings. The molecule has 19 heavy (non-hydrogen) atoms. The third-order valence-electron chi connectivity index (χ3n) is 4.13. The van der Waals surface area contributed by atoms with Crippen LogP contribution in [-0.2, 0) is 16.6 Å². The lowest BCUT2D eigenvalue weighted by Crippen LogP contribution is -2.18. The molecule has 1 aromatic heterocycles. The van der Waals surface area contributed by atoms with Gasteiger partial charge in [0.1, 0.15) is 0 Å². The predicted octanol–water partition coefficient (Wildman–Crippen LogP) is 1.33. The molecule has 6 heteroatoms. The molecule has 0 saturated heterocycles. The first-order valence-electron chi connectivity index (χ1n) is 6.21. The number of carboxylic acids is 1. The second-order valence-corrected chi connectivity index (χ2v) is 5.77. The number of rotatable bonds is 3. The molecule has 0 unspecified atom stereocenters. The van der Waals surface area contributed by atoms with Gasteiger partial charge in [-0.3, -0.25) is 14.3 Å². The second kappa shape index (κ2) is 4.08. The smallest absolute Gasteiger partial charge is 0.307 e. The number of nitrogens with one attached hydrogen (secondary N) is 1. The number of carbonyl (C=O) groups excluding carboxylic acids is 1. The van der Waals surface area contributed by atoms with Crippen LogP contribution in [0.4, 0.5) is 5.69 Å². The Morgan fingerprint density at radius 3 is 2.26 bits per heavy atom. The minimum Gasteiger partial charge on any atom is -0.481 e. The molecule has 0 spiro atoms. The van der Waals surface area contributed by atoms with Crippen LogP contribution in [0.3, 0.4) is 0 Å². The van der Waals surface area contributed by atoms with Gasteiger partial charge < -0.3 is 10.4 Å². The summed E-state index contributed by atoms with van der Waals surface area (Å²) in [5.74, 6) is -2.24. The van der Waals surface area contributed by atoms with Crippen LogP contribution in [0.2, 0.25) is 0 Å². The van der Waals surface area contributed by atoms with Crippen molar-refractivity contribution in [3.63, 3.8) is 0 Å². The summed E-state index contributed by atoms with van der Waals surface area (Å²) < 4.78 is 1.69. The molecular formula is C13H19N3O3. The van der Waals surface area contributed by atoms with Crippen molar-refractivity contribution >= 4 is 17.6 Å². The summed E-state index contributed by atoms with van der Waals surface area (Å²) >= 11 is 0. The van der Waals surface area contributed by atoms with E-state index < -0.39 is 23.2 Å². The number of carboxylic acid groups (broad SMARTS) is 1. The van der Waals surface area contributed by atoms with Crippen molar-refractivity contribution < 1.29 is 14.7 Å². The molecule has 2 N–H and O–H groups in total. The van der Waals surface area contributed by atoms with E-state index in [1.807, 2.05) is 13.8 Å². The highest BCUT2D eigenvalue weighted by atomic mass is 16.4. The van der Waals surface area contributed by atoms with Crippen molar-refractivity contribution in [3.05, 3.63) is 11.4 Å². The minimum absolute atomic E-state index is 0.239. The molecule has 1 fully saturated rings. The van der Waals surface area contributed by atoms with Gasteiger partial charge in [-0.15, -0.1) is 0 Å². The highest BCUT2D eigenvalue weighted by Gasteiger charge is 2.65. The SMILES string of the molecule is Cc1nn(C)c(C)c1NC(=O)[C@@H]1[C@H](C(=O)O)C1(C)C. The van der Waals surface area contributed by atoms with Crippen molar-refractivity contribution in [3.8, 4) is 0 Å². The molecule has 2 rings (SSSR count). The van der Waals surface area contributed by atoms with Crippen molar-refractivity contribution in [1.82, 2.24) is 9.78 Å². The molecule has 1 heterocycles.